The molecule has 7 nitrogen and oxygen atoms in total. The Labute approximate surface area is 143 Å². The van der Waals surface area contributed by atoms with Gasteiger partial charge < -0.3 is 10.0 Å². The molecule has 0 radical (unpaired) electrons. The first-order valence-corrected chi connectivity index (χ1v) is 8.01. The fraction of sp³-hybridized carbons (Fsp3) is 0.312. The SMILES string of the molecule is O=C(O)C1CCN(C(=O)Nc2ccn(-c3ccccc3Cl)n2)CC1. The normalized spacial score (nSPS) is 15.3. The summed E-state index contributed by atoms with van der Waals surface area (Å²) in [5, 5.41) is 16.6. The summed E-state index contributed by atoms with van der Waals surface area (Å²) in [6.45, 7) is 0.849. The molecule has 1 saturated heterocycles. The summed E-state index contributed by atoms with van der Waals surface area (Å²) >= 11 is 6.13. The lowest BCUT2D eigenvalue weighted by atomic mass is 9.97. The number of amides is 2. The second-order valence-electron chi connectivity index (χ2n) is 5.63. The maximum Gasteiger partial charge on any atom is 0.323 e. The summed E-state index contributed by atoms with van der Waals surface area (Å²) in [6, 6.07) is 8.70. The lowest BCUT2D eigenvalue weighted by Crippen LogP contribution is -2.42. The van der Waals surface area contributed by atoms with Gasteiger partial charge in [-0.25, -0.2) is 9.48 Å². The van der Waals surface area contributed by atoms with Gasteiger partial charge in [0.1, 0.15) is 0 Å². The van der Waals surface area contributed by atoms with Crippen LogP contribution in [0.4, 0.5) is 10.6 Å². The molecule has 1 aromatic carbocycles. The third-order valence-corrected chi connectivity index (χ3v) is 4.37. The third-order valence-electron chi connectivity index (χ3n) is 4.05. The van der Waals surface area contributed by atoms with Crippen molar-refractivity contribution in [2.45, 2.75) is 12.8 Å². The van der Waals surface area contributed by atoms with Crippen LogP contribution in [0.2, 0.25) is 5.02 Å². The number of nitrogens with zero attached hydrogens (tertiary/aromatic N) is 3. The molecular weight excluding hydrogens is 332 g/mol. The summed E-state index contributed by atoms with van der Waals surface area (Å²) in [5.74, 6) is -0.748. The smallest absolute Gasteiger partial charge is 0.323 e. The number of hydrogen-bond donors (Lipinski definition) is 2. The minimum Gasteiger partial charge on any atom is -0.481 e. The second kappa shape index (κ2) is 6.92. The summed E-state index contributed by atoms with van der Waals surface area (Å²) in [7, 11) is 0. The van der Waals surface area contributed by atoms with E-state index in [-0.39, 0.29) is 11.9 Å². The number of anilines is 1. The molecule has 2 N–H and O–H groups in total. The standard InChI is InChI=1S/C16H17ClN4O3/c17-12-3-1-2-4-13(12)21-10-7-14(19-21)18-16(24)20-8-5-11(6-9-20)15(22)23/h1-4,7,10-11H,5-6,8-9H2,(H,22,23)(H,18,19,24). The minimum absolute atomic E-state index is 0.275. The van der Waals surface area contributed by atoms with Crippen LogP contribution in [0.1, 0.15) is 12.8 Å². The molecule has 0 saturated carbocycles. The van der Waals surface area contributed by atoms with E-state index < -0.39 is 5.97 Å². The summed E-state index contributed by atoms with van der Waals surface area (Å²) in [6.07, 6.45) is 2.65. The molecule has 3 rings (SSSR count). The number of hydrogen-bond acceptors (Lipinski definition) is 3. The Morgan fingerprint density at radius 3 is 2.58 bits per heavy atom. The summed E-state index contributed by atoms with van der Waals surface area (Å²) < 4.78 is 1.59. The number of rotatable bonds is 3. The number of carbonyl (C=O) groups excluding carboxylic acids is 1. The van der Waals surface area contributed by atoms with Crippen molar-refractivity contribution in [1.82, 2.24) is 14.7 Å². The van der Waals surface area contributed by atoms with Gasteiger partial charge in [-0.05, 0) is 25.0 Å². The number of piperidine rings is 1. The zero-order chi connectivity index (χ0) is 17.1. The van der Waals surface area contributed by atoms with E-state index in [1.807, 2.05) is 18.2 Å². The predicted octanol–water partition coefficient (Wildman–Crippen LogP) is 2.85. The van der Waals surface area contributed by atoms with Crippen LogP contribution >= 0.6 is 11.6 Å². The van der Waals surface area contributed by atoms with Gasteiger partial charge in [-0.15, -0.1) is 5.10 Å². The highest BCUT2D eigenvalue weighted by atomic mass is 35.5. The first kappa shape index (κ1) is 16.3. The predicted molar refractivity (Wildman–Crippen MR) is 89.5 cm³/mol. The van der Waals surface area contributed by atoms with E-state index >= 15 is 0 Å². The van der Waals surface area contributed by atoms with Crippen LogP contribution in [0, 0.1) is 5.92 Å². The Balaban J connectivity index is 1.62. The van der Waals surface area contributed by atoms with E-state index in [1.54, 1.807) is 27.9 Å². The van der Waals surface area contributed by atoms with Gasteiger partial charge in [0.25, 0.3) is 0 Å². The van der Waals surface area contributed by atoms with Crippen molar-refractivity contribution in [3.63, 3.8) is 0 Å². The Hall–Kier alpha value is -2.54. The molecule has 2 amide bonds. The van der Waals surface area contributed by atoms with Gasteiger partial charge in [-0.3, -0.25) is 10.1 Å². The Bertz CT molecular complexity index is 753. The summed E-state index contributed by atoms with van der Waals surface area (Å²) in [4.78, 5) is 24.8. The number of para-hydroxylation sites is 1. The van der Waals surface area contributed by atoms with Crippen LogP contribution in [0.25, 0.3) is 5.69 Å². The van der Waals surface area contributed by atoms with Gasteiger partial charge in [0, 0.05) is 25.4 Å². The number of likely N-dealkylation sites (tertiary alicyclic amines) is 1. The minimum atomic E-state index is -0.798. The van der Waals surface area contributed by atoms with Crippen LogP contribution in [-0.4, -0.2) is 44.9 Å². The fourth-order valence-corrected chi connectivity index (χ4v) is 2.90. The maximum absolute atomic E-state index is 12.2. The Morgan fingerprint density at radius 2 is 1.92 bits per heavy atom. The maximum atomic E-state index is 12.2. The van der Waals surface area contributed by atoms with Crippen LogP contribution in [0.15, 0.2) is 36.5 Å². The number of carbonyl (C=O) groups is 2. The van der Waals surface area contributed by atoms with E-state index in [0.717, 1.165) is 5.69 Å². The molecule has 8 heteroatoms. The number of aliphatic carboxylic acids is 1. The molecule has 0 bridgehead atoms. The van der Waals surface area contributed by atoms with Crippen molar-refractivity contribution in [1.29, 1.82) is 0 Å². The molecule has 0 spiro atoms. The lowest BCUT2D eigenvalue weighted by Gasteiger charge is -2.29. The quantitative estimate of drug-likeness (QED) is 0.892. The van der Waals surface area contributed by atoms with Gasteiger partial charge in [-0.2, -0.15) is 0 Å². The van der Waals surface area contributed by atoms with Crippen LogP contribution in [0.5, 0.6) is 0 Å². The third kappa shape index (κ3) is 3.51. The average molecular weight is 349 g/mol. The summed E-state index contributed by atoms with van der Waals surface area (Å²) in [5.41, 5.74) is 0.724. The molecule has 1 aliphatic rings. The molecule has 2 heterocycles. The van der Waals surface area contributed by atoms with E-state index in [2.05, 4.69) is 10.4 Å². The van der Waals surface area contributed by atoms with Crippen molar-refractivity contribution in [2.75, 3.05) is 18.4 Å². The van der Waals surface area contributed by atoms with Gasteiger partial charge in [0.2, 0.25) is 0 Å². The number of carboxylic acid groups (broad SMARTS) is 1. The first-order chi connectivity index (χ1) is 11.5. The molecule has 2 aromatic rings. The number of halogens is 1. The molecule has 0 atom stereocenters. The van der Waals surface area contributed by atoms with Gasteiger partial charge in [0.15, 0.2) is 5.82 Å². The number of urea groups is 1. The topological polar surface area (TPSA) is 87.5 Å². The monoisotopic (exact) mass is 348 g/mol. The number of aromatic nitrogens is 2. The zero-order valence-corrected chi connectivity index (χ0v) is 13.6. The van der Waals surface area contributed by atoms with E-state index in [9.17, 15) is 9.59 Å². The van der Waals surface area contributed by atoms with Crippen molar-refractivity contribution >= 4 is 29.4 Å². The number of benzene rings is 1. The van der Waals surface area contributed by atoms with Crippen LogP contribution < -0.4 is 5.32 Å². The molecular formula is C16H17ClN4O3. The van der Waals surface area contributed by atoms with Gasteiger partial charge >= 0.3 is 12.0 Å². The van der Waals surface area contributed by atoms with Crippen molar-refractivity contribution < 1.29 is 14.7 Å². The zero-order valence-electron chi connectivity index (χ0n) is 12.9. The van der Waals surface area contributed by atoms with E-state index in [0.29, 0.717) is 36.8 Å². The Kier molecular flexibility index (Phi) is 4.71. The Morgan fingerprint density at radius 1 is 1.21 bits per heavy atom. The highest BCUT2D eigenvalue weighted by Crippen LogP contribution is 2.21. The second-order valence-corrected chi connectivity index (χ2v) is 6.03. The highest BCUT2D eigenvalue weighted by Gasteiger charge is 2.27. The fourth-order valence-electron chi connectivity index (χ4n) is 2.68. The molecule has 126 valence electrons. The number of carboxylic acids is 1. The van der Waals surface area contributed by atoms with Crippen LogP contribution in [-0.2, 0) is 4.79 Å². The van der Waals surface area contributed by atoms with Crippen molar-refractivity contribution in [3.05, 3.63) is 41.6 Å². The molecule has 1 aromatic heterocycles. The van der Waals surface area contributed by atoms with Gasteiger partial charge in [0.05, 0.1) is 16.6 Å². The van der Waals surface area contributed by atoms with Crippen LogP contribution in [0.3, 0.4) is 0 Å². The first-order valence-electron chi connectivity index (χ1n) is 7.64. The molecule has 1 fully saturated rings. The van der Waals surface area contributed by atoms with E-state index in [1.165, 1.54) is 0 Å². The lowest BCUT2D eigenvalue weighted by molar-refractivity contribution is -0.143. The molecule has 24 heavy (non-hydrogen) atoms. The van der Waals surface area contributed by atoms with Gasteiger partial charge in [-0.1, -0.05) is 23.7 Å². The molecule has 0 unspecified atom stereocenters. The molecule has 1 aliphatic heterocycles. The highest BCUT2D eigenvalue weighted by molar-refractivity contribution is 6.32. The van der Waals surface area contributed by atoms with E-state index in [4.69, 9.17) is 16.7 Å². The largest absolute Gasteiger partial charge is 0.481 e. The molecule has 0 aliphatic carbocycles. The average Bonchev–Trinajstić information content (AvgIpc) is 3.03. The van der Waals surface area contributed by atoms with Crippen molar-refractivity contribution in [2.24, 2.45) is 5.92 Å². The number of nitrogens with one attached hydrogen (secondary N) is 1. The van der Waals surface area contributed by atoms with Crippen molar-refractivity contribution in [3.8, 4) is 5.69 Å².